The molecule has 31 heavy (non-hydrogen) atoms. The maximum Gasteiger partial charge on any atom is 0.293 e. The summed E-state index contributed by atoms with van der Waals surface area (Å²) in [6.07, 6.45) is 0.199. The maximum absolute atomic E-state index is 13.1. The lowest BCUT2D eigenvalue weighted by Crippen LogP contribution is -2.43. The number of nitriles is 1. The normalized spacial score (nSPS) is 13.9. The number of nitro benzene ring substituents is 1. The minimum Gasteiger partial charge on any atom is -0.379 e. The number of nitrogens with zero attached hydrogens (tertiary/aromatic N) is 4. The number of benzene rings is 2. The molecule has 1 N–H and O–H groups in total. The first-order valence-corrected chi connectivity index (χ1v) is 10.2. The molecule has 0 unspecified atom stereocenters. The number of amides is 1. The number of anilines is 2. The first-order valence-electron chi connectivity index (χ1n) is 10.2. The Hall–Kier alpha value is -3.48. The van der Waals surface area contributed by atoms with E-state index in [0.717, 1.165) is 13.1 Å². The molecular formula is C22H25N5O4. The second kappa shape index (κ2) is 11.1. The number of para-hydroxylation sites is 1. The molecule has 0 radical (unpaired) electrons. The molecule has 3 rings (SSSR count). The largest absolute Gasteiger partial charge is 0.379 e. The molecule has 0 atom stereocenters. The number of morpholine rings is 1. The Kier molecular flexibility index (Phi) is 7.92. The van der Waals surface area contributed by atoms with Crippen LogP contribution >= 0.6 is 0 Å². The van der Waals surface area contributed by atoms with Crippen molar-refractivity contribution >= 4 is 23.0 Å². The van der Waals surface area contributed by atoms with Crippen molar-refractivity contribution in [3.05, 3.63) is 64.2 Å². The Morgan fingerprint density at radius 3 is 2.61 bits per heavy atom. The first-order chi connectivity index (χ1) is 15.1. The fourth-order valence-electron chi connectivity index (χ4n) is 3.37. The highest BCUT2D eigenvalue weighted by Gasteiger charge is 2.22. The van der Waals surface area contributed by atoms with Gasteiger partial charge in [-0.1, -0.05) is 18.2 Å². The van der Waals surface area contributed by atoms with Crippen LogP contribution in [-0.2, 0) is 4.74 Å². The predicted octanol–water partition coefficient (Wildman–Crippen LogP) is 3.03. The van der Waals surface area contributed by atoms with E-state index in [1.54, 1.807) is 29.2 Å². The fourth-order valence-corrected chi connectivity index (χ4v) is 3.37. The zero-order valence-electron chi connectivity index (χ0n) is 17.2. The first kappa shape index (κ1) is 22.2. The summed E-state index contributed by atoms with van der Waals surface area (Å²) in [6.45, 7) is 4.30. The van der Waals surface area contributed by atoms with Crippen LogP contribution < -0.4 is 5.32 Å². The van der Waals surface area contributed by atoms with E-state index in [2.05, 4.69) is 16.3 Å². The van der Waals surface area contributed by atoms with E-state index in [-0.39, 0.29) is 30.1 Å². The van der Waals surface area contributed by atoms with Gasteiger partial charge < -0.3 is 15.0 Å². The number of nitro groups is 1. The molecule has 2 aromatic carbocycles. The fraction of sp³-hybridized carbons (Fsp3) is 0.364. The SMILES string of the molecule is N#CCCN(CCN1CCOCC1)C(=O)c1ccc(Nc2ccccc2)c([N+](=O)[O-])c1. The van der Waals surface area contributed by atoms with Crippen molar-refractivity contribution < 1.29 is 14.5 Å². The van der Waals surface area contributed by atoms with E-state index >= 15 is 0 Å². The van der Waals surface area contributed by atoms with E-state index in [1.807, 2.05) is 18.2 Å². The highest BCUT2D eigenvalue weighted by atomic mass is 16.6. The molecule has 9 nitrogen and oxygen atoms in total. The highest BCUT2D eigenvalue weighted by molar-refractivity contribution is 5.96. The van der Waals surface area contributed by atoms with Crippen LogP contribution in [0.2, 0.25) is 0 Å². The zero-order valence-corrected chi connectivity index (χ0v) is 17.2. The third-order valence-electron chi connectivity index (χ3n) is 5.06. The Morgan fingerprint density at radius 1 is 1.19 bits per heavy atom. The molecule has 0 aliphatic carbocycles. The summed E-state index contributed by atoms with van der Waals surface area (Å²) >= 11 is 0. The van der Waals surface area contributed by atoms with Gasteiger partial charge in [0.1, 0.15) is 5.69 Å². The van der Waals surface area contributed by atoms with Gasteiger partial charge in [-0.05, 0) is 24.3 Å². The lowest BCUT2D eigenvalue weighted by molar-refractivity contribution is -0.383. The topological polar surface area (TPSA) is 112 Å². The van der Waals surface area contributed by atoms with E-state index in [9.17, 15) is 14.9 Å². The van der Waals surface area contributed by atoms with Gasteiger partial charge in [0.05, 0.1) is 30.6 Å². The second-order valence-corrected chi connectivity index (χ2v) is 7.13. The summed E-state index contributed by atoms with van der Waals surface area (Å²) in [5.41, 5.74) is 1.07. The van der Waals surface area contributed by atoms with E-state index < -0.39 is 4.92 Å². The van der Waals surface area contributed by atoms with Crippen LogP contribution in [0.4, 0.5) is 17.1 Å². The number of hydrogen-bond donors (Lipinski definition) is 1. The summed E-state index contributed by atoms with van der Waals surface area (Å²) in [4.78, 5) is 28.0. The molecule has 162 valence electrons. The highest BCUT2D eigenvalue weighted by Crippen LogP contribution is 2.29. The molecule has 0 bridgehead atoms. The Balaban J connectivity index is 1.77. The third kappa shape index (κ3) is 6.25. The standard InChI is InChI=1S/C22H25N5O4/c23-9-4-10-26(12-11-25-13-15-31-16-14-25)22(28)18-7-8-20(21(17-18)27(29)30)24-19-5-2-1-3-6-19/h1-3,5-8,17,24H,4,10-16H2. The predicted molar refractivity (Wildman–Crippen MR) is 116 cm³/mol. The van der Waals surface area contributed by atoms with Crippen molar-refractivity contribution in [2.75, 3.05) is 51.3 Å². The van der Waals surface area contributed by atoms with Crippen LogP contribution in [0.1, 0.15) is 16.8 Å². The summed E-state index contributed by atoms with van der Waals surface area (Å²) in [5.74, 6) is -0.321. The zero-order chi connectivity index (χ0) is 22.1. The molecule has 0 aromatic heterocycles. The van der Waals surface area contributed by atoms with Gasteiger partial charge >= 0.3 is 0 Å². The van der Waals surface area contributed by atoms with Gasteiger partial charge in [-0.3, -0.25) is 19.8 Å². The Labute approximate surface area is 181 Å². The summed E-state index contributed by atoms with van der Waals surface area (Å²) in [6, 6.07) is 15.6. The Morgan fingerprint density at radius 2 is 1.94 bits per heavy atom. The lowest BCUT2D eigenvalue weighted by atomic mass is 10.1. The molecule has 1 aliphatic heterocycles. The van der Waals surface area contributed by atoms with Crippen molar-refractivity contribution in [3.8, 4) is 6.07 Å². The number of nitrogens with one attached hydrogen (secondary N) is 1. The number of carbonyl (C=O) groups excluding carboxylic acids is 1. The van der Waals surface area contributed by atoms with Crippen LogP contribution in [-0.4, -0.2) is 66.6 Å². The van der Waals surface area contributed by atoms with Crippen LogP contribution in [0.25, 0.3) is 0 Å². The molecule has 9 heteroatoms. The Bertz CT molecular complexity index is 939. The third-order valence-corrected chi connectivity index (χ3v) is 5.06. The van der Waals surface area contributed by atoms with Gasteiger partial charge in [0.2, 0.25) is 0 Å². The minimum absolute atomic E-state index is 0.178. The van der Waals surface area contributed by atoms with E-state index in [4.69, 9.17) is 10.00 Å². The molecule has 0 saturated carbocycles. The minimum atomic E-state index is -0.505. The number of ether oxygens (including phenoxy) is 1. The average molecular weight is 423 g/mol. The lowest BCUT2D eigenvalue weighted by Gasteiger charge is -2.30. The van der Waals surface area contributed by atoms with E-state index in [1.165, 1.54) is 6.07 Å². The van der Waals surface area contributed by atoms with Crippen LogP contribution in [0, 0.1) is 21.4 Å². The molecule has 1 heterocycles. The van der Waals surface area contributed by atoms with Crippen LogP contribution in [0.15, 0.2) is 48.5 Å². The van der Waals surface area contributed by atoms with Gasteiger partial charge in [-0.2, -0.15) is 5.26 Å². The second-order valence-electron chi connectivity index (χ2n) is 7.13. The molecule has 1 amide bonds. The van der Waals surface area contributed by atoms with Gasteiger partial charge in [-0.15, -0.1) is 0 Å². The van der Waals surface area contributed by atoms with Gasteiger partial charge in [0.25, 0.3) is 11.6 Å². The summed E-state index contributed by atoms with van der Waals surface area (Å²) < 4.78 is 5.34. The summed E-state index contributed by atoms with van der Waals surface area (Å²) in [5, 5.41) is 23.6. The van der Waals surface area contributed by atoms with Gasteiger partial charge in [-0.25, -0.2) is 0 Å². The van der Waals surface area contributed by atoms with Crippen molar-refractivity contribution in [2.45, 2.75) is 6.42 Å². The van der Waals surface area contributed by atoms with Crippen LogP contribution in [0.5, 0.6) is 0 Å². The maximum atomic E-state index is 13.1. The molecule has 2 aromatic rings. The summed E-state index contributed by atoms with van der Waals surface area (Å²) in [7, 11) is 0. The monoisotopic (exact) mass is 423 g/mol. The number of carbonyl (C=O) groups is 1. The molecule has 1 saturated heterocycles. The average Bonchev–Trinajstić information content (AvgIpc) is 2.80. The quantitative estimate of drug-likeness (QED) is 0.487. The molecule has 1 fully saturated rings. The van der Waals surface area contributed by atoms with Gasteiger partial charge in [0.15, 0.2) is 0 Å². The smallest absolute Gasteiger partial charge is 0.293 e. The molecular weight excluding hydrogens is 398 g/mol. The number of rotatable bonds is 9. The van der Waals surface area contributed by atoms with Crippen molar-refractivity contribution in [1.29, 1.82) is 5.26 Å². The van der Waals surface area contributed by atoms with Crippen molar-refractivity contribution in [2.24, 2.45) is 0 Å². The van der Waals surface area contributed by atoms with Crippen molar-refractivity contribution in [1.82, 2.24) is 9.80 Å². The van der Waals surface area contributed by atoms with Gasteiger partial charge in [0, 0.05) is 50.0 Å². The number of hydrogen-bond acceptors (Lipinski definition) is 7. The van der Waals surface area contributed by atoms with Crippen molar-refractivity contribution in [3.63, 3.8) is 0 Å². The molecule has 1 aliphatic rings. The van der Waals surface area contributed by atoms with Crippen LogP contribution in [0.3, 0.4) is 0 Å². The van der Waals surface area contributed by atoms with E-state index in [0.29, 0.717) is 37.7 Å². The molecule has 0 spiro atoms.